The number of imide groups is 1. The Labute approximate surface area is 236 Å². The first-order valence-corrected chi connectivity index (χ1v) is 14.7. The Morgan fingerprint density at radius 1 is 0.675 bits per heavy atom. The molecule has 6 nitrogen and oxygen atoms in total. The Morgan fingerprint density at radius 3 is 1.65 bits per heavy atom. The summed E-state index contributed by atoms with van der Waals surface area (Å²) in [7, 11) is 0. The molecule has 6 rings (SSSR count). The predicted octanol–water partition coefficient (Wildman–Crippen LogP) is 4.71. The second-order valence-electron chi connectivity index (χ2n) is 11.3. The van der Waals surface area contributed by atoms with Crippen LogP contribution in [0.2, 0.25) is 0 Å². The van der Waals surface area contributed by atoms with E-state index in [2.05, 4.69) is 53.4 Å². The van der Waals surface area contributed by atoms with Gasteiger partial charge in [-0.2, -0.15) is 0 Å². The Balaban J connectivity index is 1.23. The molecule has 3 amide bonds. The van der Waals surface area contributed by atoms with Crippen molar-refractivity contribution in [2.24, 2.45) is 11.8 Å². The van der Waals surface area contributed by atoms with E-state index in [1.165, 1.54) is 16.0 Å². The summed E-state index contributed by atoms with van der Waals surface area (Å²) >= 11 is 0. The molecule has 3 fully saturated rings. The van der Waals surface area contributed by atoms with Gasteiger partial charge >= 0.3 is 0 Å². The molecule has 3 atom stereocenters. The molecule has 2 heterocycles. The highest BCUT2D eigenvalue weighted by molar-refractivity contribution is 6.08. The minimum atomic E-state index is -0.793. The van der Waals surface area contributed by atoms with Crippen LogP contribution in [-0.4, -0.2) is 64.6 Å². The van der Waals surface area contributed by atoms with Crippen molar-refractivity contribution >= 4 is 17.7 Å². The fourth-order valence-corrected chi connectivity index (χ4v) is 6.92. The van der Waals surface area contributed by atoms with Crippen LogP contribution in [0.25, 0.3) is 0 Å². The van der Waals surface area contributed by atoms with Crippen LogP contribution in [0.4, 0.5) is 0 Å². The molecule has 1 saturated carbocycles. The van der Waals surface area contributed by atoms with Crippen molar-refractivity contribution in [3.63, 3.8) is 0 Å². The number of piperazine rings is 1. The average molecular weight is 536 g/mol. The minimum Gasteiger partial charge on any atom is -0.338 e. The van der Waals surface area contributed by atoms with Gasteiger partial charge in [-0.3, -0.25) is 24.2 Å². The molecule has 0 radical (unpaired) electrons. The molecule has 2 aliphatic heterocycles. The van der Waals surface area contributed by atoms with E-state index < -0.39 is 6.04 Å². The molecule has 40 heavy (non-hydrogen) atoms. The molecule has 1 aliphatic carbocycles. The molecular formula is C34H37N3O3. The van der Waals surface area contributed by atoms with Crippen molar-refractivity contribution in [3.8, 4) is 0 Å². The molecule has 0 spiro atoms. The van der Waals surface area contributed by atoms with Gasteiger partial charge in [0.25, 0.3) is 0 Å². The van der Waals surface area contributed by atoms with Crippen molar-refractivity contribution in [1.29, 1.82) is 0 Å². The third-order valence-corrected chi connectivity index (χ3v) is 8.97. The molecule has 206 valence electrons. The van der Waals surface area contributed by atoms with Gasteiger partial charge in [0.2, 0.25) is 17.7 Å². The number of likely N-dealkylation sites (tertiary alicyclic amines) is 1. The third-order valence-electron chi connectivity index (χ3n) is 8.97. The second-order valence-corrected chi connectivity index (χ2v) is 11.3. The van der Waals surface area contributed by atoms with Crippen LogP contribution in [0.1, 0.15) is 48.4 Å². The van der Waals surface area contributed by atoms with Gasteiger partial charge in [-0.05, 0) is 29.5 Å². The van der Waals surface area contributed by atoms with Crippen LogP contribution in [-0.2, 0) is 20.8 Å². The van der Waals surface area contributed by atoms with E-state index in [9.17, 15) is 14.4 Å². The Bertz CT molecular complexity index is 1260. The van der Waals surface area contributed by atoms with E-state index in [1.54, 1.807) is 0 Å². The quantitative estimate of drug-likeness (QED) is 0.412. The lowest BCUT2D eigenvalue weighted by Gasteiger charge is -2.41. The summed E-state index contributed by atoms with van der Waals surface area (Å²) in [6.07, 6.45) is 3.79. The highest BCUT2D eigenvalue weighted by Crippen LogP contribution is 2.39. The zero-order valence-electron chi connectivity index (χ0n) is 22.9. The smallest absolute Gasteiger partial charge is 0.246 e. The summed E-state index contributed by atoms with van der Waals surface area (Å²) in [5.74, 6) is -0.921. The first-order valence-electron chi connectivity index (χ1n) is 14.7. The molecule has 2 saturated heterocycles. The summed E-state index contributed by atoms with van der Waals surface area (Å²) < 4.78 is 0. The Morgan fingerprint density at radius 2 is 1.15 bits per heavy atom. The maximum absolute atomic E-state index is 14.2. The van der Waals surface area contributed by atoms with Gasteiger partial charge in [0.05, 0.1) is 17.9 Å². The summed E-state index contributed by atoms with van der Waals surface area (Å²) in [4.78, 5) is 46.9. The monoisotopic (exact) mass is 535 g/mol. The van der Waals surface area contributed by atoms with E-state index >= 15 is 0 Å². The lowest BCUT2D eigenvalue weighted by molar-refractivity contribution is -0.152. The van der Waals surface area contributed by atoms with Crippen LogP contribution in [0, 0.1) is 11.8 Å². The number of nitrogens with zero attached hydrogens (tertiary/aromatic N) is 3. The van der Waals surface area contributed by atoms with E-state index in [1.807, 2.05) is 47.4 Å². The molecule has 3 aromatic carbocycles. The number of hydrogen-bond acceptors (Lipinski definition) is 4. The molecule has 0 aromatic heterocycles. The number of fused-ring (bicyclic) bond motifs is 1. The van der Waals surface area contributed by atoms with Crippen molar-refractivity contribution in [1.82, 2.24) is 14.7 Å². The molecular weight excluding hydrogens is 498 g/mol. The van der Waals surface area contributed by atoms with Crippen LogP contribution in [0.15, 0.2) is 91.0 Å². The molecule has 3 aliphatic rings. The van der Waals surface area contributed by atoms with Crippen LogP contribution < -0.4 is 0 Å². The summed E-state index contributed by atoms with van der Waals surface area (Å²) in [5.41, 5.74) is 3.42. The molecule has 0 unspecified atom stereocenters. The fraction of sp³-hybridized carbons (Fsp3) is 0.382. The number of carbonyl (C=O) groups is 3. The zero-order valence-corrected chi connectivity index (χ0v) is 22.9. The maximum Gasteiger partial charge on any atom is 0.246 e. The standard InChI is InChI=1S/C34H37N3O3/c38-32-28-18-10-11-19-29(28)33(39)37(32)30(24-25-12-4-1-5-13-25)34(40)36-22-20-35(21-23-36)31(26-14-6-2-7-15-26)27-16-8-3-9-17-27/h1-9,12-17,28-31H,10-11,18-24H2/t28-,29-,30+/m1/s1. The van der Waals surface area contributed by atoms with Crippen LogP contribution in [0.5, 0.6) is 0 Å². The van der Waals surface area contributed by atoms with Crippen molar-refractivity contribution in [3.05, 3.63) is 108 Å². The Hall–Kier alpha value is -3.77. The van der Waals surface area contributed by atoms with Crippen molar-refractivity contribution < 1.29 is 14.4 Å². The first-order chi connectivity index (χ1) is 19.6. The number of amides is 3. The Kier molecular flexibility index (Phi) is 7.78. The predicted molar refractivity (Wildman–Crippen MR) is 154 cm³/mol. The maximum atomic E-state index is 14.2. The third kappa shape index (κ3) is 5.20. The number of rotatable bonds is 7. The zero-order chi connectivity index (χ0) is 27.5. The lowest BCUT2D eigenvalue weighted by Crippen LogP contribution is -2.57. The van der Waals surface area contributed by atoms with E-state index in [0.717, 1.165) is 31.2 Å². The van der Waals surface area contributed by atoms with Gasteiger partial charge in [-0.25, -0.2) is 0 Å². The summed E-state index contributed by atoms with van der Waals surface area (Å²) in [5, 5.41) is 0. The lowest BCUT2D eigenvalue weighted by atomic mass is 9.81. The molecule has 3 aromatic rings. The van der Waals surface area contributed by atoms with Gasteiger partial charge < -0.3 is 4.90 Å². The summed E-state index contributed by atoms with van der Waals surface area (Å²) in [6, 6.07) is 30.1. The van der Waals surface area contributed by atoms with Gasteiger partial charge in [-0.1, -0.05) is 104 Å². The van der Waals surface area contributed by atoms with Crippen LogP contribution in [0.3, 0.4) is 0 Å². The van der Waals surface area contributed by atoms with Gasteiger partial charge in [0, 0.05) is 32.6 Å². The second kappa shape index (κ2) is 11.8. The number of hydrogen-bond donors (Lipinski definition) is 0. The molecule has 6 heteroatoms. The average Bonchev–Trinajstić information content (AvgIpc) is 3.27. The fourth-order valence-electron chi connectivity index (χ4n) is 6.92. The van der Waals surface area contributed by atoms with E-state index in [4.69, 9.17) is 0 Å². The van der Waals surface area contributed by atoms with Crippen LogP contribution >= 0.6 is 0 Å². The summed E-state index contributed by atoms with van der Waals surface area (Å²) in [6.45, 7) is 2.55. The minimum absolute atomic E-state index is 0.102. The van der Waals surface area contributed by atoms with E-state index in [-0.39, 0.29) is 35.6 Å². The molecule has 0 N–H and O–H groups in total. The topological polar surface area (TPSA) is 60.9 Å². The highest BCUT2D eigenvalue weighted by atomic mass is 16.2. The van der Waals surface area contributed by atoms with Gasteiger partial charge in [-0.15, -0.1) is 0 Å². The number of carbonyl (C=O) groups excluding carboxylic acids is 3. The van der Waals surface area contributed by atoms with Crippen molar-refractivity contribution in [2.75, 3.05) is 26.2 Å². The highest BCUT2D eigenvalue weighted by Gasteiger charge is 2.52. The van der Waals surface area contributed by atoms with Gasteiger partial charge in [0.15, 0.2) is 0 Å². The first kappa shape index (κ1) is 26.5. The number of benzene rings is 3. The normalized spacial score (nSPS) is 22.4. The molecule has 0 bridgehead atoms. The SMILES string of the molecule is O=C([C@H](Cc1ccccc1)N1C(=O)[C@@H]2CCCC[C@H]2C1=O)N1CCN(C(c2ccccc2)c2ccccc2)CC1. The van der Waals surface area contributed by atoms with Crippen molar-refractivity contribution in [2.45, 2.75) is 44.2 Å². The van der Waals surface area contributed by atoms with E-state index in [0.29, 0.717) is 32.6 Å². The largest absolute Gasteiger partial charge is 0.338 e. The van der Waals surface area contributed by atoms with Gasteiger partial charge in [0.1, 0.15) is 6.04 Å².